The van der Waals surface area contributed by atoms with Crippen molar-refractivity contribution in [3.63, 3.8) is 0 Å². The van der Waals surface area contributed by atoms with Crippen LogP contribution in [-0.4, -0.2) is 131 Å². The fourth-order valence-electron chi connectivity index (χ4n) is 5.22. The van der Waals surface area contributed by atoms with Crippen molar-refractivity contribution >= 4 is 15.8 Å². The van der Waals surface area contributed by atoms with Crippen molar-refractivity contribution in [3.05, 3.63) is 0 Å². The molecule has 0 rings (SSSR count). The molecule has 0 aliphatic heterocycles. The maximum absolute atomic E-state index is 9.36. The Balaban J connectivity index is 4.82. The molecule has 0 unspecified atom stereocenters. The maximum Gasteiger partial charge on any atom is 0.0481 e. The van der Waals surface area contributed by atoms with Gasteiger partial charge in [0.15, 0.2) is 0 Å². The Morgan fingerprint density at radius 3 is 0.659 bits per heavy atom. The lowest BCUT2D eigenvalue weighted by molar-refractivity contribution is 0.141. The van der Waals surface area contributed by atoms with Gasteiger partial charge in [-0.2, -0.15) is 0 Å². The molecule has 10 heteroatoms. The number of hydrogen-bond acceptors (Lipinski definition) is 8. The molecule has 0 radical (unpaired) electrons. The van der Waals surface area contributed by atoms with E-state index >= 15 is 0 Å². The highest BCUT2D eigenvalue weighted by molar-refractivity contribution is 7.58. The summed E-state index contributed by atoms with van der Waals surface area (Å²) in [5.41, 5.74) is 0. The van der Waals surface area contributed by atoms with Gasteiger partial charge in [0.05, 0.1) is 0 Å². The van der Waals surface area contributed by atoms with Crippen LogP contribution in [0.25, 0.3) is 0 Å². The quantitative estimate of drug-likeness (QED) is 0.0415. The summed E-state index contributed by atoms with van der Waals surface area (Å²) >= 11 is 0. The van der Waals surface area contributed by atoms with Gasteiger partial charge in [-0.25, -0.2) is 0 Å². The molecule has 0 aliphatic rings. The number of aliphatic hydroxyl groups is 8. The average molecular weight is 629 g/mol. The molecule has 8 N–H and O–H groups in total. The maximum atomic E-state index is 9.36. The van der Waals surface area contributed by atoms with Crippen LogP contribution in [0.1, 0.15) is 83.5 Å². The first-order valence-corrected chi connectivity index (χ1v) is 20.1. The Labute approximate surface area is 253 Å². The van der Waals surface area contributed by atoms with Crippen LogP contribution in [0.3, 0.4) is 0 Å². The predicted octanol–water partition coefficient (Wildman–Crippen LogP) is 3.42. The molecule has 0 aliphatic carbocycles. The molecular formula is C31H66O8P2. The number of hydrogen-bond donors (Lipinski definition) is 8. The second kappa shape index (κ2) is 30.6. The molecule has 0 bridgehead atoms. The number of aliphatic hydroxyl groups excluding tert-OH is 8. The highest BCUT2D eigenvalue weighted by atomic mass is 31.1. The predicted molar refractivity (Wildman–Crippen MR) is 174 cm³/mol. The highest BCUT2D eigenvalue weighted by Crippen LogP contribution is 2.44. The molecule has 0 aromatic carbocycles. The van der Waals surface area contributed by atoms with Crippen LogP contribution < -0.4 is 0 Å². The lowest BCUT2D eigenvalue weighted by Crippen LogP contribution is -2.11. The van der Waals surface area contributed by atoms with E-state index in [1.165, 1.54) is 43.4 Å². The van der Waals surface area contributed by atoms with Gasteiger partial charge in [-0.1, -0.05) is 25.7 Å². The lowest BCUT2D eigenvalue weighted by Gasteiger charge is -2.22. The fourth-order valence-corrected chi connectivity index (χ4v) is 10.7. The minimum Gasteiger partial charge on any atom is -0.396 e. The summed E-state index contributed by atoms with van der Waals surface area (Å²) in [6, 6.07) is 0. The number of unbranched alkanes of at least 4 members (excludes halogenated alkanes) is 4. The van der Waals surface area contributed by atoms with E-state index in [2.05, 4.69) is 0 Å². The number of rotatable bonds is 32. The molecule has 0 amide bonds. The summed E-state index contributed by atoms with van der Waals surface area (Å²) in [4.78, 5) is 0. The van der Waals surface area contributed by atoms with Gasteiger partial charge in [0.25, 0.3) is 0 Å². The first-order valence-electron chi connectivity index (χ1n) is 16.3. The summed E-state index contributed by atoms with van der Waals surface area (Å²) in [6.07, 6.45) is 20.9. The summed E-state index contributed by atoms with van der Waals surface area (Å²) in [6.45, 7) is 0.389. The Morgan fingerprint density at radius 2 is 0.463 bits per heavy atom. The second-order valence-electron chi connectivity index (χ2n) is 11.9. The minimum atomic E-state index is -0.0793. The molecule has 248 valence electrons. The Hall–Kier alpha value is 0.540. The van der Waals surface area contributed by atoms with Gasteiger partial charge >= 0.3 is 0 Å². The Kier molecular flexibility index (Phi) is 31.0. The zero-order valence-corrected chi connectivity index (χ0v) is 27.7. The van der Waals surface area contributed by atoms with E-state index in [1.54, 1.807) is 0 Å². The van der Waals surface area contributed by atoms with Gasteiger partial charge in [-0.15, -0.1) is 15.8 Å². The third-order valence-corrected chi connectivity index (χ3v) is 14.1. The zero-order valence-electron chi connectivity index (χ0n) is 25.9. The first-order chi connectivity index (χ1) is 20.0. The summed E-state index contributed by atoms with van der Waals surface area (Å²) in [5.74, 6) is -0.0231. The standard InChI is InChI=1S/C31H66O8P2/c32-20-28(21-33)10-1-5-14-40(15-6-2-11-29(22-34)23-35)18-9-19-41(16-7-3-12-30(24-36)25-37)17-8-4-13-31(26-38)27-39/h28-39H,1-27H2. The summed E-state index contributed by atoms with van der Waals surface area (Å²) in [5, 5.41) is 74.9. The van der Waals surface area contributed by atoms with E-state index in [-0.39, 0.29) is 92.4 Å². The molecule has 0 saturated carbocycles. The van der Waals surface area contributed by atoms with Crippen molar-refractivity contribution in [2.75, 3.05) is 89.8 Å². The van der Waals surface area contributed by atoms with Crippen LogP contribution in [-0.2, 0) is 0 Å². The lowest BCUT2D eigenvalue weighted by atomic mass is 10.0. The van der Waals surface area contributed by atoms with E-state index in [9.17, 15) is 40.9 Å². The van der Waals surface area contributed by atoms with Crippen molar-refractivity contribution < 1.29 is 40.9 Å². The van der Waals surface area contributed by atoms with Crippen LogP contribution >= 0.6 is 15.8 Å². The van der Waals surface area contributed by atoms with Crippen molar-refractivity contribution in [1.29, 1.82) is 0 Å². The Morgan fingerprint density at radius 1 is 0.268 bits per heavy atom. The van der Waals surface area contributed by atoms with Crippen molar-refractivity contribution in [2.45, 2.75) is 83.5 Å². The van der Waals surface area contributed by atoms with Gasteiger partial charge in [0, 0.05) is 76.5 Å². The third kappa shape index (κ3) is 23.6. The van der Waals surface area contributed by atoms with Crippen LogP contribution in [0.5, 0.6) is 0 Å². The van der Waals surface area contributed by atoms with Crippen LogP contribution in [0, 0.1) is 23.7 Å². The molecule has 0 saturated heterocycles. The molecule has 8 nitrogen and oxygen atoms in total. The van der Waals surface area contributed by atoms with E-state index in [1.807, 2.05) is 0 Å². The average Bonchev–Trinajstić information content (AvgIpc) is 3.00. The smallest absolute Gasteiger partial charge is 0.0481 e. The minimum absolute atomic E-state index is 0.00578. The first kappa shape index (κ1) is 41.5. The van der Waals surface area contributed by atoms with Gasteiger partial charge in [0.2, 0.25) is 0 Å². The van der Waals surface area contributed by atoms with Gasteiger partial charge < -0.3 is 40.9 Å². The SMILES string of the molecule is OCC(CO)CCCCP(CCCCC(CO)CO)CCCP(CCCCC(CO)CO)CCCCC(CO)CO. The molecule has 0 aromatic rings. The van der Waals surface area contributed by atoms with Gasteiger partial charge in [0.1, 0.15) is 0 Å². The van der Waals surface area contributed by atoms with E-state index in [0.29, 0.717) is 0 Å². The fraction of sp³-hybridized carbons (Fsp3) is 1.00. The molecule has 41 heavy (non-hydrogen) atoms. The van der Waals surface area contributed by atoms with Gasteiger partial charge in [-0.05, 0) is 94.8 Å². The van der Waals surface area contributed by atoms with Crippen molar-refractivity contribution in [2.24, 2.45) is 23.7 Å². The van der Waals surface area contributed by atoms with E-state index in [0.717, 1.165) is 77.0 Å². The molecule has 0 spiro atoms. The topological polar surface area (TPSA) is 162 Å². The van der Waals surface area contributed by atoms with Gasteiger partial charge in [-0.3, -0.25) is 0 Å². The van der Waals surface area contributed by atoms with E-state index < -0.39 is 0 Å². The van der Waals surface area contributed by atoms with Crippen LogP contribution in [0.4, 0.5) is 0 Å². The third-order valence-electron chi connectivity index (χ3n) is 8.36. The van der Waals surface area contributed by atoms with Crippen LogP contribution in [0.15, 0.2) is 0 Å². The summed E-state index contributed by atoms with van der Waals surface area (Å²) < 4.78 is 0. The van der Waals surface area contributed by atoms with E-state index in [4.69, 9.17) is 0 Å². The highest BCUT2D eigenvalue weighted by Gasteiger charge is 2.15. The largest absolute Gasteiger partial charge is 0.396 e. The summed E-state index contributed by atoms with van der Waals surface area (Å²) in [7, 11) is -0.159. The van der Waals surface area contributed by atoms with Crippen LogP contribution in [0.2, 0.25) is 0 Å². The van der Waals surface area contributed by atoms with Crippen molar-refractivity contribution in [3.8, 4) is 0 Å². The van der Waals surface area contributed by atoms with Crippen molar-refractivity contribution in [1.82, 2.24) is 0 Å². The molecule has 0 aromatic heterocycles. The molecule has 0 atom stereocenters. The molecule has 0 fully saturated rings. The Bertz CT molecular complexity index is 434. The molecular weight excluding hydrogens is 562 g/mol. The monoisotopic (exact) mass is 628 g/mol. The normalized spacial score (nSPS) is 12.4. The molecule has 0 heterocycles. The zero-order chi connectivity index (χ0) is 30.6. The second-order valence-corrected chi connectivity index (χ2v) is 17.3.